The Labute approximate surface area is 191 Å². The molecule has 0 bridgehead atoms. The van der Waals surface area contributed by atoms with Gasteiger partial charge in [-0.1, -0.05) is 59.7 Å². The second kappa shape index (κ2) is 10.2. The number of phenols is 1. The molecule has 0 saturated heterocycles. The van der Waals surface area contributed by atoms with Gasteiger partial charge in [0.2, 0.25) is 0 Å². The molecule has 162 valence electrons. The minimum absolute atomic E-state index is 0.0209. The van der Waals surface area contributed by atoms with E-state index in [1.807, 2.05) is 30.3 Å². The summed E-state index contributed by atoms with van der Waals surface area (Å²) in [5.74, 6) is 0.207. The summed E-state index contributed by atoms with van der Waals surface area (Å²) in [6.45, 7) is 0. The maximum Gasteiger partial charge on any atom is 0.143 e. The number of hydrogen-bond donors (Lipinski definition) is 1. The number of nitrogens with zero attached hydrogens (tertiary/aromatic N) is 5. The van der Waals surface area contributed by atoms with Crippen molar-refractivity contribution in [3.8, 4) is 17.0 Å². The fourth-order valence-electron chi connectivity index (χ4n) is 3.51. The van der Waals surface area contributed by atoms with Gasteiger partial charge in [-0.2, -0.15) is 0 Å². The van der Waals surface area contributed by atoms with Crippen LogP contribution >= 0.6 is 0 Å². The predicted molar refractivity (Wildman–Crippen MR) is 126 cm³/mol. The summed E-state index contributed by atoms with van der Waals surface area (Å²) in [5.41, 5.74) is 13.9. The van der Waals surface area contributed by atoms with Gasteiger partial charge in [0.05, 0.1) is 29.7 Å². The highest BCUT2D eigenvalue weighted by Crippen LogP contribution is 2.22. The van der Waals surface area contributed by atoms with Crippen molar-refractivity contribution in [1.82, 2.24) is 9.97 Å². The first-order valence-corrected chi connectivity index (χ1v) is 10.4. The first-order valence-electron chi connectivity index (χ1n) is 10.4. The highest BCUT2D eigenvalue weighted by molar-refractivity contribution is 5.83. The van der Waals surface area contributed by atoms with Crippen molar-refractivity contribution in [2.75, 3.05) is 0 Å². The fourth-order valence-corrected chi connectivity index (χ4v) is 3.51. The second-order valence-corrected chi connectivity index (χ2v) is 7.61. The van der Waals surface area contributed by atoms with E-state index in [1.54, 1.807) is 54.7 Å². The van der Waals surface area contributed by atoms with Crippen molar-refractivity contribution in [2.45, 2.75) is 19.3 Å². The van der Waals surface area contributed by atoms with Crippen LogP contribution < -0.4 is 0 Å². The Morgan fingerprint density at radius 3 is 2.30 bits per heavy atom. The molecule has 1 N–H and O–H groups in total. The monoisotopic (exact) mass is 435 g/mol. The fraction of sp³-hybridized carbons (Fsp3) is 0.115. The van der Waals surface area contributed by atoms with E-state index in [9.17, 15) is 9.90 Å². The van der Waals surface area contributed by atoms with E-state index in [0.29, 0.717) is 23.5 Å². The summed E-state index contributed by atoms with van der Waals surface area (Å²) in [4.78, 5) is 25.0. The number of carbonyl (C=O) groups is 1. The maximum atomic E-state index is 12.8. The third-order valence-electron chi connectivity index (χ3n) is 5.17. The van der Waals surface area contributed by atoms with Crippen LogP contribution in [0.3, 0.4) is 0 Å². The van der Waals surface area contributed by atoms with Crippen LogP contribution in [0.25, 0.3) is 21.7 Å². The van der Waals surface area contributed by atoms with Crippen LogP contribution in [-0.2, 0) is 24.1 Å². The van der Waals surface area contributed by atoms with E-state index < -0.39 is 0 Å². The predicted octanol–water partition coefficient (Wildman–Crippen LogP) is 5.74. The van der Waals surface area contributed by atoms with Gasteiger partial charge in [0.1, 0.15) is 11.5 Å². The van der Waals surface area contributed by atoms with E-state index in [2.05, 4.69) is 15.0 Å². The first kappa shape index (κ1) is 21.7. The Hall–Kier alpha value is -4.48. The highest BCUT2D eigenvalue weighted by atomic mass is 16.3. The van der Waals surface area contributed by atoms with Crippen molar-refractivity contribution >= 4 is 11.5 Å². The van der Waals surface area contributed by atoms with Crippen LogP contribution in [0.5, 0.6) is 5.75 Å². The smallest absolute Gasteiger partial charge is 0.143 e. The zero-order valence-electron chi connectivity index (χ0n) is 17.8. The molecule has 7 heteroatoms. The Kier molecular flexibility index (Phi) is 6.73. The first-order chi connectivity index (χ1) is 16.1. The molecule has 33 heavy (non-hydrogen) atoms. The number of aromatic hydroxyl groups is 1. The van der Waals surface area contributed by atoms with Crippen LogP contribution in [0, 0.1) is 0 Å². The van der Waals surface area contributed by atoms with E-state index in [4.69, 9.17) is 10.5 Å². The molecule has 4 aromatic rings. The van der Waals surface area contributed by atoms with E-state index in [-0.39, 0.29) is 24.4 Å². The Morgan fingerprint density at radius 1 is 0.879 bits per heavy atom. The van der Waals surface area contributed by atoms with Gasteiger partial charge in [-0.3, -0.25) is 9.78 Å². The number of azide groups is 1. The lowest BCUT2D eigenvalue weighted by Gasteiger charge is -2.11. The Bertz CT molecular complexity index is 1300. The van der Waals surface area contributed by atoms with E-state index in [1.165, 1.54) is 0 Å². The van der Waals surface area contributed by atoms with Crippen LogP contribution in [0.15, 0.2) is 90.2 Å². The Balaban J connectivity index is 1.58. The molecule has 0 aliphatic carbocycles. The number of hydrogen-bond acceptors (Lipinski definition) is 5. The van der Waals surface area contributed by atoms with Gasteiger partial charge in [-0.05, 0) is 40.9 Å². The second-order valence-electron chi connectivity index (χ2n) is 7.61. The number of carbonyl (C=O) groups excluding carboxylic acids is 1. The van der Waals surface area contributed by atoms with Crippen molar-refractivity contribution < 1.29 is 9.90 Å². The number of benzene rings is 3. The van der Waals surface area contributed by atoms with Gasteiger partial charge in [-0.15, -0.1) is 0 Å². The summed E-state index contributed by atoms with van der Waals surface area (Å²) >= 11 is 0. The molecule has 0 unspecified atom stereocenters. The molecule has 0 aliphatic rings. The SMILES string of the molecule is [N-]=[N+]=Nc1ccc(CC(=O)Cc2ncc(-c3ccc(O)cc3)nc2Cc2ccccc2)cc1. The van der Waals surface area contributed by atoms with Crippen molar-refractivity contribution in [1.29, 1.82) is 0 Å². The van der Waals surface area contributed by atoms with Gasteiger partial charge >= 0.3 is 0 Å². The summed E-state index contributed by atoms with van der Waals surface area (Å²) in [6, 6.07) is 23.7. The molecule has 7 nitrogen and oxygen atoms in total. The molecule has 0 fully saturated rings. The van der Waals surface area contributed by atoms with Crippen LogP contribution in [0.1, 0.15) is 22.5 Å². The van der Waals surface area contributed by atoms with Gasteiger partial charge in [-0.25, -0.2) is 4.98 Å². The zero-order chi connectivity index (χ0) is 23.0. The van der Waals surface area contributed by atoms with Crippen LogP contribution in [-0.4, -0.2) is 20.9 Å². The standard InChI is InChI=1S/C26H21N5O2/c27-31-30-21-10-6-19(7-11-21)14-23(33)16-24-25(15-18-4-2-1-3-5-18)29-26(17-28-24)20-8-12-22(32)13-9-20/h1-13,17,32H,14-16H2. The van der Waals surface area contributed by atoms with Crippen molar-refractivity contribution in [2.24, 2.45) is 5.11 Å². The number of Topliss-reactive ketones (excluding diaryl/α,β-unsaturated/α-hetero) is 1. The van der Waals surface area contributed by atoms with E-state index >= 15 is 0 Å². The normalized spacial score (nSPS) is 10.4. The number of rotatable bonds is 8. The molecule has 4 rings (SSSR count). The average Bonchev–Trinajstić information content (AvgIpc) is 2.83. The quantitative estimate of drug-likeness (QED) is 0.216. The summed E-state index contributed by atoms with van der Waals surface area (Å²) in [7, 11) is 0. The molecular weight excluding hydrogens is 414 g/mol. The maximum absolute atomic E-state index is 12.8. The van der Waals surface area contributed by atoms with Crippen molar-refractivity contribution in [3.05, 3.63) is 118 Å². The molecule has 0 saturated carbocycles. The molecule has 3 aromatic carbocycles. The number of ketones is 1. The molecule has 1 heterocycles. The van der Waals surface area contributed by atoms with E-state index in [0.717, 1.165) is 22.4 Å². The van der Waals surface area contributed by atoms with Gasteiger partial charge < -0.3 is 5.11 Å². The third kappa shape index (κ3) is 5.81. The summed E-state index contributed by atoms with van der Waals surface area (Å²) in [5, 5.41) is 13.1. The molecule has 0 atom stereocenters. The van der Waals surface area contributed by atoms with Gasteiger partial charge in [0.25, 0.3) is 0 Å². The molecule has 0 spiro atoms. The number of aromatic nitrogens is 2. The molecule has 0 radical (unpaired) electrons. The lowest BCUT2D eigenvalue weighted by molar-refractivity contribution is -0.117. The number of phenolic OH excluding ortho intramolecular Hbond substituents is 1. The van der Waals surface area contributed by atoms with Crippen LogP contribution in [0.2, 0.25) is 0 Å². The summed E-state index contributed by atoms with van der Waals surface area (Å²) in [6.07, 6.45) is 2.65. The zero-order valence-corrected chi connectivity index (χ0v) is 17.8. The molecule has 0 aliphatic heterocycles. The minimum Gasteiger partial charge on any atom is -0.508 e. The molecular formula is C26H21N5O2. The Morgan fingerprint density at radius 2 is 1.61 bits per heavy atom. The molecule has 0 amide bonds. The van der Waals surface area contributed by atoms with Gasteiger partial charge in [0, 0.05) is 29.0 Å². The van der Waals surface area contributed by atoms with Crippen LogP contribution in [0.4, 0.5) is 5.69 Å². The van der Waals surface area contributed by atoms with Crippen molar-refractivity contribution in [3.63, 3.8) is 0 Å². The summed E-state index contributed by atoms with van der Waals surface area (Å²) < 4.78 is 0. The lowest BCUT2D eigenvalue weighted by atomic mass is 10.0. The minimum atomic E-state index is 0.0209. The largest absolute Gasteiger partial charge is 0.508 e. The average molecular weight is 435 g/mol. The topological polar surface area (TPSA) is 112 Å². The molecule has 1 aromatic heterocycles. The third-order valence-corrected chi connectivity index (χ3v) is 5.17. The van der Waals surface area contributed by atoms with Gasteiger partial charge in [0.15, 0.2) is 0 Å². The highest BCUT2D eigenvalue weighted by Gasteiger charge is 2.14. The lowest BCUT2D eigenvalue weighted by Crippen LogP contribution is -2.12.